The Bertz CT molecular complexity index is 257. The van der Waals surface area contributed by atoms with Crippen molar-refractivity contribution in [3.8, 4) is 5.75 Å². The average molecular weight is 152 g/mol. The number of para-hydroxylation sites is 1. The van der Waals surface area contributed by atoms with Crippen molar-refractivity contribution in [1.29, 1.82) is 0 Å². The number of hydrogen-bond donors (Lipinski definition) is 2. The molecule has 0 radical (unpaired) electrons. The van der Waals surface area contributed by atoms with Crippen molar-refractivity contribution in [3.63, 3.8) is 0 Å². The van der Waals surface area contributed by atoms with Gasteiger partial charge >= 0.3 is 0 Å². The number of rotatable bonds is 2. The van der Waals surface area contributed by atoms with Gasteiger partial charge in [0, 0.05) is 5.56 Å². The highest BCUT2D eigenvalue weighted by molar-refractivity contribution is 5.61. The number of aromatic hydroxyl groups is 1. The summed E-state index contributed by atoms with van der Waals surface area (Å²) in [5.74, 6) is -0.0629. The average Bonchev–Trinajstić information content (AvgIpc) is 2.04. The lowest BCUT2D eigenvalue weighted by Gasteiger charge is -2.04. The number of aliphatic hydroxyl groups is 1. The maximum absolute atomic E-state index is 10.1. The van der Waals surface area contributed by atoms with Crippen molar-refractivity contribution in [2.75, 3.05) is 0 Å². The minimum atomic E-state index is -1.23. The van der Waals surface area contributed by atoms with Crippen LogP contribution in [0.3, 0.4) is 0 Å². The van der Waals surface area contributed by atoms with Gasteiger partial charge in [-0.05, 0) is 6.07 Å². The van der Waals surface area contributed by atoms with Crippen molar-refractivity contribution >= 4 is 6.29 Å². The normalized spacial score (nSPS) is 12.5. The quantitative estimate of drug-likeness (QED) is 0.611. The molecule has 0 fully saturated rings. The molecule has 1 unspecified atom stereocenters. The fraction of sp³-hybridized carbons (Fsp3) is 0.125. The monoisotopic (exact) mass is 152 g/mol. The molecule has 0 heterocycles. The molecular formula is C8H8O3. The molecule has 3 heteroatoms. The maximum Gasteiger partial charge on any atom is 0.153 e. The molecule has 1 aromatic carbocycles. The van der Waals surface area contributed by atoms with Crippen LogP contribution in [0.25, 0.3) is 0 Å². The van der Waals surface area contributed by atoms with Crippen LogP contribution >= 0.6 is 0 Å². The van der Waals surface area contributed by atoms with Crippen LogP contribution in [0.15, 0.2) is 24.3 Å². The number of hydrogen-bond acceptors (Lipinski definition) is 3. The fourth-order valence-corrected chi connectivity index (χ4v) is 0.811. The first-order chi connectivity index (χ1) is 5.25. The third-order valence-corrected chi connectivity index (χ3v) is 1.38. The van der Waals surface area contributed by atoms with Crippen molar-refractivity contribution in [2.24, 2.45) is 0 Å². The summed E-state index contributed by atoms with van der Waals surface area (Å²) in [7, 11) is 0. The molecule has 3 nitrogen and oxygen atoms in total. The highest BCUT2D eigenvalue weighted by Crippen LogP contribution is 2.21. The summed E-state index contributed by atoms with van der Waals surface area (Å²) in [6.07, 6.45) is -0.856. The van der Waals surface area contributed by atoms with Crippen LogP contribution in [-0.2, 0) is 4.79 Å². The van der Waals surface area contributed by atoms with Gasteiger partial charge in [0.1, 0.15) is 11.9 Å². The zero-order chi connectivity index (χ0) is 8.27. The lowest BCUT2D eigenvalue weighted by molar-refractivity contribution is -0.115. The van der Waals surface area contributed by atoms with Gasteiger partial charge < -0.3 is 15.0 Å². The first-order valence-electron chi connectivity index (χ1n) is 3.17. The number of phenols is 1. The minimum Gasteiger partial charge on any atom is -0.508 e. The van der Waals surface area contributed by atoms with Crippen LogP contribution in [0, 0.1) is 0 Å². The Balaban J connectivity index is 3.02. The van der Waals surface area contributed by atoms with Crippen molar-refractivity contribution in [2.45, 2.75) is 6.10 Å². The third kappa shape index (κ3) is 1.56. The van der Waals surface area contributed by atoms with Crippen molar-refractivity contribution < 1.29 is 15.0 Å². The van der Waals surface area contributed by atoms with Gasteiger partial charge in [0.25, 0.3) is 0 Å². The fourth-order valence-electron chi connectivity index (χ4n) is 0.811. The SMILES string of the molecule is O=CC(O)c1ccccc1O. The Hall–Kier alpha value is -1.35. The molecule has 0 aliphatic rings. The van der Waals surface area contributed by atoms with E-state index >= 15 is 0 Å². The van der Waals surface area contributed by atoms with Gasteiger partial charge in [-0.15, -0.1) is 0 Å². The predicted octanol–water partition coefficient (Wildman–Crippen LogP) is 0.624. The second kappa shape index (κ2) is 3.16. The summed E-state index contributed by atoms with van der Waals surface area (Å²) >= 11 is 0. The van der Waals surface area contributed by atoms with Gasteiger partial charge in [-0.1, -0.05) is 18.2 Å². The number of carbonyl (C=O) groups is 1. The smallest absolute Gasteiger partial charge is 0.153 e. The van der Waals surface area contributed by atoms with Gasteiger partial charge in [-0.2, -0.15) is 0 Å². The van der Waals surface area contributed by atoms with Crippen molar-refractivity contribution in [3.05, 3.63) is 29.8 Å². The summed E-state index contributed by atoms with van der Waals surface area (Å²) < 4.78 is 0. The highest BCUT2D eigenvalue weighted by Gasteiger charge is 2.08. The van der Waals surface area contributed by atoms with E-state index in [0.717, 1.165) is 0 Å². The molecule has 58 valence electrons. The summed E-state index contributed by atoms with van der Waals surface area (Å²) in [4.78, 5) is 10.1. The molecule has 1 atom stereocenters. The summed E-state index contributed by atoms with van der Waals surface area (Å²) in [5.41, 5.74) is 0.238. The summed E-state index contributed by atoms with van der Waals surface area (Å²) in [6.45, 7) is 0. The number of benzene rings is 1. The summed E-state index contributed by atoms with van der Waals surface area (Å²) in [5, 5.41) is 18.1. The van der Waals surface area contributed by atoms with E-state index in [9.17, 15) is 4.79 Å². The van der Waals surface area contributed by atoms with Gasteiger partial charge in [-0.3, -0.25) is 0 Å². The maximum atomic E-state index is 10.1. The zero-order valence-electron chi connectivity index (χ0n) is 5.77. The van der Waals surface area contributed by atoms with Gasteiger partial charge in [0.15, 0.2) is 6.29 Å². The van der Waals surface area contributed by atoms with Crippen LogP contribution in [0.1, 0.15) is 11.7 Å². The molecule has 0 aliphatic heterocycles. The minimum absolute atomic E-state index is 0.0629. The molecule has 0 saturated heterocycles. The Morgan fingerprint density at radius 2 is 2.00 bits per heavy atom. The Kier molecular flexibility index (Phi) is 2.23. The van der Waals surface area contributed by atoms with Gasteiger partial charge in [0.2, 0.25) is 0 Å². The van der Waals surface area contributed by atoms with E-state index in [1.807, 2.05) is 0 Å². The zero-order valence-corrected chi connectivity index (χ0v) is 5.77. The second-order valence-electron chi connectivity index (χ2n) is 2.14. The van der Waals surface area contributed by atoms with Gasteiger partial charge in [0.05, 0.1) is 0 Å². The third-order valence-electron chi connectivity index (χ3n) is 1.38. The number of phenolic OH excluding ortho intramolecular Hbond substituents is 1. The van der Waals surface area contributed by atoms with Crippen LogP contribution in [0.4, 0.5) is 0 Å². The largest absolute Gasteiger partial charge is 0.508 e. The van der Waals surface area contributed by atoms with Crippen LogP contribution in [0.2, 0.25) is 0 Å². The Labute approximate surface area is 63.9 Å². The lowest BCUT2D eigenvalue weighted by Crippen LogP contribution is -1.97. The lowest BCUT2D eigenvalue weighted by atomic mass is 10.1. The molecular weight excluding hydrogens is 144 g/mol. The molecule has 0 spiro atoms. The molecule has 0 bridgehead atoms. The number of carbonyl (C=O) groups excluding carboxylic acids is 1. The molecule has 11 heavy (non-hydrogen) atoms. The van der Waals surface area contributed by atoms with Gasteiger partial charge in [-0.25, -0.2) is 0 Å². The number of aldehydes is 1. The van der Waals surface area contributed by atoms with E-state index < -0.39 is 6.10 Å². The van der Waals surface area contributed by atoms with E-state index in [1.54, 1.807) is 12.1 Å². The Morgan fingerprint density at radius 3 is 2.55 bits per heavy atom. The van der Waals surface area contributed by atoms with E-state index in [4.69, 9.17) is 10.2 Å². The van der Waals surface area contributed by atoms with E-state index in [-0.39, 0.29) is 11.3 Å². The molecule has 1 aromatic rings. The van der Waals surface area contributed by atoms with E-state index in [2.05, 4.69) is 0 Å². The second-order valence-corrected chi connectivity index (χ2v) is 2.14. The highest BCUT2D eigenvalue weighted by atomic mass is 16.3. The molecule has 0 aliphatic carbocycles. The van der Waals surface area contributed by atoms with Crippen molar-refractivity contribution in [1.82, 2.24) is 0 Å². The van der Waals surface area contributed by atoms with Crippen LogP contribution in [-0.4, -0.2) is 16.5 Å². The molecule has 1 rings (SSSR count). The molecule has 0 aromatic heterocycles. The summed E-state index contributed by atoms with van der Waals surface area (Å²) in [6, 6.07) is 6.18. The van der Waals surface area contributed by atoms with E-state index in [1.165, 1.54) is 12.1 Å². The Morgan fingerprint density at radius 1 is 1.36 bits per heavy atom. The molecule has 2 N–H and O–H groups in total. The predicted molar refractivity (Wildman–Crippen MR) is 39.1 cm³/mol. The standard InChI is InChI=1S/C8H8O3/c9-5-8(11)6-3-1-2-4-7(6)10/h1-5,8,10-11H. The first kappa shape index (κ1) is 7.75. The van der Waals surface area contributed by atoms with Crippen LogP contribution in [0.5, 0.6) is 5.75 Å². The van der Waals surface area contributed by atoms with E-state index in [0.29, 0.717) is 6.29 Å². The first-order valence-corrected chi connectivity index (χ1v) is 3.17. The van der Waals surface area contributed by atoms with Crippen LogP contribution < -0.4 is 0 Å². The molecule has 0 amide bonds. The number of aliphatic hydroxyl groups excluding tert-OH is 1. The molecule has 0 saturated carbocycles. The topological polar surface area (TPSA) is 57.5 Å².